The first-order valence-corrected chi connectivity index (χ1v) is 5.34. The molecule has 0 aliphatic carbocycles. The summed E-state index contributed by atoms with van der Waals surface area (Å²) in [4.78, 5) is 0. The summed E-state index contributed by atoms with van der Waals surface area (Å²) in [5.41, 5.74) is 1.62. The lowest BCUT2D eigenvalue weighted by Crippen LogP contribution is -1.90. The molecule has 98 valence electrons. The number of hydrogen-bond acceptors (Lipinski definition) is 2. The molecular formula is C14H9F3O2. The molecule has 0 spiro atoms. The maximum atomic E-state index is 12.6. The van der Waals surface area contributed by atoms with Crippen LogP contribution in [0.3, 0.4) is 0 Å². The van der Waals surface area contributed by atoms with Crippen LogP contribution in [0.15, 0.2) is 60.6 Å². The minimum atomic E-state index is -2.50. The molecule has 0 aliphatic rings. The number of rotatable bonds is 3. The van der Waals surface area contributed by atoms with Crippen molar-refractivity contribution in [2.75, 3.05) is 0 Å². The monoisotopic (exact) mass is 266 g/mol. The van der Waals surface area contributed by atoms with Gasteiger partial charge in [0.25, 0.3) is 0 Å². The summed E-state index contributed by atoms with van der Waals surface area (Å²) in [5, 5.41) is 9.16. The maximum Gasteiger partial charge on any atom is 0.344 e. The minimum absolute atomic E-state index is 0.0205. The van der Waals surface area contributed by atoms with Crippen LogP contribution in [0.4, 0.5) is 13.2 Å². The molecule has 0 bridgehead atoms. The van der Waals surface area contributed by atoms with Crippen LogP contribution >= 0.6 is 0 Å². The number of ether oxygens (including phenoxy) is 1. The summed E-state index contributed by atoms with van der Waals surface area (Å²) in [6.45, 7) is 0. The van der Waals surface area contributed by atoms with Gasteiger partial charge in [0.15, 0.2) is 0 Å². The number of phenolic OH excluding ortho intramolecular Hbond substituents is 1. The van der Waals surface area contributed by atoms with Crippen molar-refractivity contribution < 1.29 is 23.0 Å². The molecule has 0 aromatic heterocycles. The standard InChI is InChI=1S/C14H9F3O2/c15-13(16)14(17)19-12-7-3-10(4-8-12)9-1-5-11(18)6-2-9/h1-8,18H. The molecule has 2 rings (SSSR count). The van der Waals surface area contributed by atoms with Crippen LogP contribution < -0.4 is 4.74 Å². The molecule has 1 N–H and O–H groups in total. The van der Waals surface area contributed by atoms with Gasteiger partial charge >= 0.3 is 12.1 Å². The highest BCUT2D eigenvalue weighted by Crippen LogP contribution is 2.25. The molecule has 0 saturated heterocycles. The topological polar surface area (TPSA) is 29.5 Å². The highest BCUT2D eigenvalue weighted by Gasteiger charge is 2.07. The first-order chi connectivity index (χ1) is 9.06. The van der Waals surface area contributed by atoms with E-state index in [1.54, 1.807) is 24.3 Å². The Morgan fingerprint density at radius 1 is 0.789 bits per heavy atom. The summed E-state index contributed by atoms with van der Waals surface area (Å²) >= 11 is 0. The molecule has 0 saturated carbocycles. The molecular weight excluding hydrogens is 257 g/mol. The van der Waals surface area contributed by atoms with E-state index in [0.717, 1.165) is 11.1 Å². The summed E-state index contributed by atoms with van der Waals surface area (Å²) in [5.74, 6) is 0.127. The maximum absolute atomic E-state index is 12.6. The van der Waals surface area contributed by atoms with Crippen LogP contribution in [0, 0.1) is 0 Å². The van der Waals surface area contributed by atoms with Gasteiger partial charge in [-0.25, -0.2) is 0 Å². The van der Waals surface area contributed by atoms with Gasteiger partial charge in [-0.15, -0.1) is 0 Å². The van der Waals surface area contributed by atoms with Gasteiger partial charge in [0.2, 0.25) is 0 Å². The van der Waals surface area contributed by atoms with Gasteiger partial charge in [-0.2, -0.15) is 13.2 Å². The first-order valence-electron chi connectivity index (χ1n) is 5.34. The Kier molecular flexibility index (Phi) is 3.75. The Balaban J connectivity index is 2.19. The van der Waals surface area contributed by atoms with Crippen molar-refractivity contribution in [3.05, 3.63) is 60.6 Å². The van der Waals surface area contributed by atoms with E-state index < -0.39 is 12.1 Å². The summed E-state index contributed by atoms with van der Waals surface area (Å²) < 4.78 is 40.6. The van der Waals surface area contributed by atoms with Gasteiger partial charge in [0.05, 0.1) is 0 Å². The second kappa shape index (κ2) is 5.48. The van der Waals surface area contributed by atoms with Crippen LogP contribution in [0.2, 0.25) is 0 Å². The van der Waals surface area contributed by atoms with Crippen molar-refractivity contribution in [2.24, 2.45) is 0 Å². The molecule has 0 radical (unpaired) electrons. The largest absolute Gasteiger partial charge is 0.508 e. The summed E-state index contributed by atoms with van der Waals surface area (Å²) in [6, 6.07) is 10.5. The Bertz CT molecular complexity index is 585. The van der Waals surface area contributed by atoms with Crippen LogP contribution in [-0.2, 0) is 0 Å². The van der Waals surface area contributed by atoms with Crippen molar-refractivity contribution in [3.63, 3.8) is 0 Å². The molecule has 2 aromatic rings. The minimum Gasteiger partial charge on any atom is -0.508 e. The number of benzene rings is 2. The van der Waals surface area contributed by atoms with E-state index in [2.05, 4.69) is 4.74 Å². The van der Waals surface area contributed by atoms with E-state index in [1.165, 1.54) is 24.3 Å². The molecule has 0 atom stereocenters. The summed E-state index contributed by atoms with van der Waals surface area (Å²) in [6.07, 6.45) is -2.50. The van der Waals surface area contributed by atoms with Gasteiger partial charge < -0.3 is 9.84 Å². The molecule has 0 heterocycles. The molecule has 0 amide bonds. The zero-order chi connectivity index (χ0) is 13.8. The van der Waals surface area contributed by atoms with Crippen molar-refractivity contribution in [1.82, 2.24) is 0 Å². The second-order valence-corrected chi connectivity index (χ2v) is 3.71. The van der Waals surface area contributed by atoms with E-state index in [1.807, 2.05) is 0 Å². The van der Waals surface area contributed by atoms with Gasteiger partial charge in [-0.05, 0) is 35.4 Å². The Labute approximate surface area is 107 Å². The average Bonchev–Trinajstić information content (AvgIpc) is 2.40. The highest BCUT2D eigenvalue weighted by molar-refractivity contribution is 5.64. The number of phenols is 1. The lowest BCUT2D eigenvalue weighted by molar-refractivity contribution is 0.241. The molecule has 2 aromatic carbocycles. The smallest absolute Gasteiger partial charge is 0.344 e. The van der Waals surface area contributed by atoms with E-state index in [-0.39, 0.29) is 11.5 Å². The van der Waals surface area contributed by atoms with Crippen molar-refractivity contribution >= 4 is 0 Å². The normalized spacial score (nSPS) is 10.1. The number of hydrogen-bond donors (Lipinski definition) is 1. The SMILES string of the molecule is Oc1ccc(-c2ccc(OC(F)=C(F)F)cc2)cc1. The molecule has 0 aliphatic heterocycles. The fourth-order valence-electron chi connectivity index (χ4n) is 1.51. The molecule has 19 heavy (non-hydrogen) atoms. The number of halogens is 3. The second-order valence-electron chi connectivity index (χ2n) is 3.71. The molecule has 5 heteroatoms. The average molecular weight is 266 g/mol. The lowest BCUT2D eigenvalue weighted by atomic mass is 10.1. The fraction of sp³-hybridized carbons (Fsp3) is 0. The van der Waals surface area contributed by atoms with Crippen molar-refractivity contribution in [2.45, 2.75) is 0 Å². The van der Waals surface area contributed by atoms with Crippen LogP contribution in [0.25, 0.3) is 11.1 Å². The van der Waals surface area contributed by atoms with Crippen LogP contribution in [-0.4, -0.2) is 5.11 Å². The van der Waals surface area contributed by atoms with Crippen molar-refractivity contribution in [1.29, 1.82) is 0 Å². The Hall–Kier alpha value is -2.43. The molecule has 0 fully saturated rings. The first kappa shape index (κ1) is 13.0. The molecule has 2 nitrogen and oxygen atoms in total. The third-order valence-corrected chi connectivity index (χ3v) is 2.41. The predicted molar refractivity (Wildman–Crippen MR) is 64.5 cm³/mol. The Morgan fingerprint density at radius 3 is 1.74 bits per heavy atom. The zero-order valence-corrected chi connectivity index (χ0v) is 9.61. The third-order valence-electron chi connectivity index (χ3n) is 2.41. The quantitative estimate of drug-likeness (QED) is 0.830. The van der Waals surface area contributed by atoms with Gasteiger partial charge in [0.1, 0.15) is 11.5 Å². The van der Waals surface area contributed by atoms with Gasteiger partial charge in [-0.1, -0.05) is 24.3 Å². The summed E-state index contributed by atoms with van der Waals surface area (Å²) in [7, 11) is 0. The van der Waals surface area contributed by atoms with E-state index in [4.69, 9.17) is 5.11 Å². The lowest BCUT2D eigenvalue weighted by Gasteiger charge is -2.05. The highest BCUT2D eigenvalue weighted by atomic mass is 19.3. The van der Waals surface area contributed by atoms with Crippen molar-refractivity contribution in [3.8, 4) is 22.6 Å². The number of aromatic hydroxyl groups is 1. The van der Waals surface area contributed by atoms with Gasteiger partial charge in [0, 0.05) is 0 Å². The zero-order valence-electron chi connectivity index (χ0n) is 9.61. The Morgan fingerprint density at radius 2 is 1.26 bits per heavy atom. The molecule has 0 unspecified atom stereocenters. The van der Waals surface area contributed by atoms with Gasteiger partial charge in [-0.3, -0.25) is 0 Å². The van der Waals surface area contributed by atoms with Crippen LogP contribution in [0.1, 0.15) is 0 Å². The third kappa shape index (κ3) is 3.28. The van der Waals surface area contributed by atoms with E-state index >= 15 is 0 Å². The van der Waals surface area contributed by atoms with E-state index in [0.29, 0.717) is 0 Å². The van der Waals surface area contributed by atoms with E-state index in [9.17, 15) is 13.2 Å². The fourth-order valence-corrected chi connectivity index (χ4v) is 1.51. The predicted octanol–water partition coefficient (Wildman–Crippen LogP) is 4.47. The van der Waals surface area contributed by atoms with Crippen LogP contribution in [0.5, 0.6) is 11.5 Å².